The number of hydrogen-bond donors (Lipinski definition) is 1. The number of furan rings is 1. The number of tetrazole rings is 1. The topological polar surface area (TPSA) is 68.8 Å². The minimum atomic E-state index is 0.711. The highest BCUT2D eigenvalue weighted by molar-refractivity contribution is 9.10. The first kappa shape index (κ1) is 19.9. The Kier molecular flexibility index (Phi) is 6.76. The first-order valence-electron chi connectivity index (χ1n) is 9.31. The summed E-state index contributed by atoms with van der Waals surface area (Å²) in [5, 5.41) is 16.2. The third kappa shape index (κ3) is 5.35. The average molecular weight is 470 g/mol. The highest BCUT2D eigenvalue weighted by Crippen LogP contribution is 2.24. The molecule has 0 amide bonds. The van der Waals surface area contributed by atoms with Crippen LogP contribution in [0.15, 0.2) is 80.8 Å². The molecular weight excluding hydrogens is 450 g/mol. The lowest BCUT2D eigenvalue weighted by Crippen LogP contribution is -2.14. The minimum absolute atomic E-state index is 0.711. The Labute approximate surface area is 181 Å². The van der Waals surface area contributed by atoms with Crippen molar-refractivity contribution in [3.8, 4) is 17.0 Å². The molecule has 29 heavy (non-hydrogen) atoms. The lowest BCUT2D eigenvalue weighted by Gasteiger charge is -2.05. The van der Waals surface area contributed by atoms with E-state index in [4.69, 9.17) is 4.42 Å². The second-order valence-electron chi connectivity index (χ2n) is 6.36. The number of rotatable bonds is 9. The number of aromatic nitrogens is 4. The Balaban J connectivity index is 1.20. The maximum Gasteiger partial charge on any atom is 0.214 e. The summed E-state index contributed by atoms with van der Waals surface area (Å²) in [7, 11) is 0. The molecule has 0 bridgehead atoms. The van der Waals surface area contributed by atoms with Crippen LogP contribution >= 0.6 is 27.7 Å². The monoisotopic (exact) mass is 469 g/mol. The fourth-order valence-corrected chi connectivity index (χ4v) is 3.91. The molecule has 0 aliphatic carbocycles. The molecule has 0 atom stereocenters. The standard InChI is InChI=1S/C21H20BrN5OS/c22-17-9-7-16(8-10-17)20-12-11-19(28-20)15-23-13-4-14-29-21-24-25-26-27(21)18-5-2-1-3-6-18/h1-3,5-12,23H,4,13-15H2. The second-order valence-corrected chi connectivity index (χ2v) is 8.34. The summed E-state index contributed by atoms with van der Waals surface area (Å²) < 4.78 is 8.76. The van der Waals surface area contributed by atoms with Gasteiger partial charge in [0.25, 0.3) is 0 Å². The Morgan fingerprint density at radius 1 is 1.00 bits per heavy atom. The average Bonchev–Trinajstić information content (AvgIpc) is 3.41. The lowest BCUT2D eigenvalue weighted by atomic mass is 10.2. The number of halogens is 1. The molecule has 2 aromatic carbocycles. The van der Waals surface area contributed by atoms with Crippen molar-refractivity contribution in [3.63, 3.8) is 0 Å². The van der Waals surface area contributed by atoms with Crippen LogP contribution in [0, 0.1) is 0 Å². The highest BCUT2D eigenvalue weighted by atomic mass is 79.9. The van der Waals surface area contributed by atoms with Crippen LogP contribution in [-0.4, -0.2) is 32.5 Å². The van der Waals surface area contributed by atoms with Crippen molar-refractivity contribution < 1.29 is 4.42 Å². The molecule has 0 aliphatic heterocycles. The van der Waals surface area contributed by atoms with E-state index in [1.165, 1.54) is 0 Å². The third-order valence-electron chi connectivity index (χ3n) is 4.26. The maximum absolute atomic E-state index is 5.93. The van der Waals surface area contributed by atoms with Gasteiger partial charge in [-0.15, -0.1) is 5.10 Å². The summed E-state index contributed by atoms with van der Waals surface area (Å²) in [6, 6.07) is 22.1. The summed E-state index contributed by atoms with van der Waals surface area (Å²) in [6.45, 7) is 1.61. The van der Waals surface area contributed by atoms with Crippen LogP contribution in [0.2, 0.25) is 0 Å². The van der Waals surface area contributed by atoms with Crippen LogP contribution in [0.5, 0.6) is 0 Å². The van der Waals surface area contributed by atoms with Gasteiger partial charge in [-0.1, -0.05) is 58.0 Å². The first-order chi connectivity index (χ1) is 14.3. The minimum Gasteiger partial charge on any atom is -0.460 e. The molecule has 148 valence electrons. The summed E-state index contributed by atoms with van der Waals surface area (Å²) in [6.07, 6.45) is 1.01. The smallest absolute Gasteiger partial charge is 0.214 e. The first-order valence-corrected chi connectivity index (χ1v) is 11.1. The zero-order valence-electron chi connectivity index (χ0n) is 15.7. The highest BCUT2D eigenvalue weighted by Gasteiger charge is 2.08. The Bertz CT molecular complexity index is 1030. The van der Waals surface area contributed by atoms with Crippen LogP contribution in [-0.2, 0) is 6.54 Å². The van der Waals surface area contributed by atoms with Gasteiger partial charge in [0.1, 0.15) is 11.5 Å². The predicted octanol–water partition coefficient (Wildman–Crippen LogP) is 4.96. The van der Waals surface area contributed by atoms with E-state index in [-0.39, 0.29) is 0 Å². The zero-order valence-corrected chi connectivity index (χ0v) is 18.1. The summed E-state index contributed by atoms with van der Waals surface area (Å²) in [5.41, 5.74) is 2.05. The summed E-state index contributed by atoms with van der Waals surface area (Å²) >= 11 is 5.11. The van der Waals surface area contributed by atoms with Crippen molar-refractivity contribution in [2.24, 2.45) is 0 Å². The molecule has 8 heteroatoms. The molecule has 1 N–H and O–H groups in total. The number of para-hydroxylation sites is 1. The van der Waals surface area contributed by atoms with Crippen molar-refractivity contribution in [2.45, 2.75) is 18.1 Å². The number of thioether (sulfide) groups is 1. The number of nitrogens with zero attached hydrogens (tertiary/aromatic N) is 4. The summed E-state index contributed by atoms with van der Waals surface area (Å²) in [4.78, 5) is 0. The zero-order chi connectivity index (χ0) is 19.9. The van der Waals surface area contributed by atoms with Gasteiger partial charge >= 0.3 is 0 Å². The molecule has 0 saturated carbocycles. The molecule has 0 saturated heterocycles. The quantitative estimate of drug-likeness (QED) is 0.276. The Morgan fingerprint density at radius 3 is 2.66 bits per heavy atom. The van der Waals surface area contributed by atoms with Gasteiger partial charge in [0, 0.05) is 15.8 Å². The molecule has 0 aliphatic rings. The molecule has 0 fully saturated rings. The second kappa shape index (κ2) is 9.87. The van der Waals surface area contributed by atoms with Gasteiger partial charge < -0.3 is 9.73 Å². The lowest BCUT2D eigenvalue weighted by molar-refractivity contribution is 0.494. The molecule has 6 nitrogen and oxygen atoms in total. The van der Waals surface area contributed by atoms with E-state index >= 15 is 0 Å². The van der Waals surface area contributed by atoms with E-state index in [1.807, 2.05) is 66.7 Å². The SMILES string of the molecule is Brc1ccc(-c2ccc(CNCCCSc3nnnn3-c3ccccc3)o2)cc1. The molecule has 4 rings (SSSR count). The fourth-order valence-electron chi connectivity index (χ4n) is 2.81. The van der Waals surface area contributed by atoms with Crippen LogP contribution in [0.1, 0.15) is 12.2 Å². The van der Waals surface area contributed by atoms with Crippen molar-refractivity contribution in [3.05, 3.63) is 77.0 Å². The van der Waals surface area contributed by atoms with Crippen molar-refractivity contribution in [1.82, 2.24) is 25.5 Å². The van der Waals surface area contributed by atoms with E-state index in [1.54, 1.807) is 16.4 Å². The van der Waals surface area contributed by atoms with Gasteiger partial charge in [-0.05, 0) is 59.8 Å². The van der Waals surface area contributed by atoms with E-state index in [9.17, 15) is 0 Å². The number of hydrogen-bond acceptors (Lipinski definition) is 6. The van der Waals surface area contributed by atoms with Gasteiger partial charge in [0.2, 0.25) is 5.16 Å². The maximum atomic E-state index is 5.93. The molecule has 2 aromatic heterocycles. The van der Waals surface area contributed by atoms with Crippen molar-refractivity contribution in [1.29, 1.82) is 0 Å². The van der Waals surface area contributed by atoms with Gasteiger partial charge in [-0.2, -0.15) is 4.68 Å². The third-order valence-corrected chi connectivity index (χ3v) is 5.79. The van der Waals surface area contributed by atoms with E-state index in [0.29, 0.717) is 6.54 Å². The predicted molar refractivity (Wildman–Crippen MR) is 118 cm³/mol. The molecule has 0 radical (unpaired) electrons. The van der Waals surface area contributed by atoms with Crippen LogP contribution in [0.4, 0.5) is 0 Å². The van der Waals surface area contributed by atoms with E-state index in [2.05, 4.69) is 36.8 Å². The molecule has 0 unspecified atom stereocenters. The Morgan fingerprint density at radius 2 is 1.83 bits per heavy atom. The van der Waals surface area contributed by atoms with Crippen molar-refractivity contribution >= 4 is 27.7 Å². The van der Waals surface area contributed by atoms with Crippen molar-refractivity contribution in [2.75, 3.05) is 12.3 Å². The Hall–Kier alpha value is -2.42. The van der Waals surface area contributed by atoms with E-state index < -0.39 is 0 Å². The molecule has 0 spiro atoms. The van der Waals surface area contributed by atoms with Gasteiger partial charge in [0.05, 0.1) is 12.2 Å². The fraction of sp³-hybridized carbons (Fsp3) is 0.190. The molecular formula is C21H20BrN5OS. The van der Waals surface area contributed by atoms with Crippen LogP contribution in [0.3, 0.4) is 0 Å². The molecule has 2 heterocycles. The summed E-state index contributed by atoms with van der Waals surface area (Å²) in [5.74, 6) is 2.75. The number of benzene rings is 2. The largest absolute Gasteiger partial charge is 0.460 e. The molecule has 4 aromatic rings. The van der Waals surface area contributed by atoms with Gasteiger partial charge in [-0.3, -0.25) is 0 Å². The normalized spacial score (nSPS) is 11.1. The number of nitrogens with one attached hydrogen (secondary N) is 1. The van der Waals surface area contributed by atoms with Crippen LogP contribution < -0.4 is 5.32 Å². The van der Waals surface area contributed by atoms with Crippen LogP contribution in [0.25, 0.3) is 17.0 Å². The van der Waals surface area contributed by atoms with Gasteiger partial charge in [0.15, 0.2) is 0 Å². The van der Waals surface area contributed by atoms with E-state index in [0.717, 1.165) is 51.1 Å². The van der Waals surface area contributed by atoms with Gasteiger partial charge in [-0.25, -0.2) is 0 Å².